The Morgan fingerprint density at radius 3 is 2.39 bits per heavy atom. The van der Waals surface area contributed by atoms with Crippen LogP contribution >= 0.6 is 0 Å². The largest absolute Gasteiger partial charge is 0.507 e. The van der Waals surface area contributed by atoms with Gasteiger partial charge in [-0.15, -0.1) is 0 Å². The summed E-state index contributed by atoms with van der Waals surface area (Å²) < 4.78 is 51.0. The van der Waals surface area contributed by atoms with Crippen molar-refractivity contribution in [3.05, 3.63) is 59.3 Å². The lowest BCUT2D eigenvalue weighted by atomic mass is 9.68. The first-order valence-corrected chi connectivity index (χ1v) is 10.9. The van der Waals surface area contributed by atoms with E-state index < -0.39 is 34.3 Å². The molecule has 8 heteroatoms. The highest BCUT2D eigenvalue weighted by Gasteiger charge is 2.54. The molecule has 0 radical (unpaired) electrons. The van der Waals surface area contributed by atoms with Crippen LogP contribution in [0.4, 0.5) is 13.2 Å². The third-order valence-corrected chi connectivity index (χ3v) is 7.17. The fraction of sp³-hybridized carbons (Fsp3) is 0.400. The summed E-state index contributed by atoms with van der Waals surface area (Å²) in [6.07, 6.45) is -0.227. The second-order valence-electron chi connectivity index (χ2n) is 9.77. The molecule has 0 bridgehead atoms. The van der Waals surface area contributed by atoms with Crippen molar-refractivity contribution in [2.75, 3.05) is 6.61 Å². The molecule has 0 unspecified atom stereocenters. The Morgan fingerprint density at radius 2 is 1.76 bits per heavy atom. The van der Waals surface area contributed by atoms with Gasteiger partial charge in [-0.3, -0.25) is 0 Å². The summed E-state index contributed by atoms with van der Waals surface area (Å²) in [6.45, 7) is 4.15. The fourth-order valence-corrected chi connectivity index (χ4v) is 5.42. The number of aromatic hydroxyl groups is 1. The predicted octanol–water partition coefficient (Wildman–Crippen LogP) is 5.48. The van der Waals surface area contributed by atoms with Crippen LogP contribution in [0, 0.1) is 11.6 Å². The lowest BCUT2D eigenvalue weighted by molar-refractivity contribution is -0.165. The highest BCUT2D eigenvalue weighted by Crippen LogP contribution is 2.56. The Bertz CT molecular complexity index is 1290. The van der Waals surface area contributed by atoms with Gasteiger partial charge in [0.2, 0.25) is 5.67 Å². The number of rotatable bonds is 2. The number of nitrogens with zero attached hydrogens (tertiary/aromatic N) is 1. The molecule has 33 heavy (non-hydrogen) atoms. The SMILES string of the molecule is CC1(C)COC2(CCC(F)(C(=O)O)CC2)c2c1n(-c1ccc(F)c(F)c1)c1cccc(O)c21. The van der Waals surface area contributed by atoms with E-state index in [2.05, 4.69) is 0 Å². The number of aromatic nitrogens is 1. The third-order valence-electron chi connectivity index (χ3n) is 7.17. The fourth-order valence-electron chi connectivity index (χ4n) is 5.42. The maximum Gasteiger partial charge on any atom is 0.341 e. The quantitative estimate of drug-likeness (QED) is 0.532. The molecule has 5 rings (SSSR count). The van der Waals surface area contributed by atoms with E-state index in [1.54, 1.807) is 16.7 Å². The van der Waals surface area contributed by atoms with Gasteiger partial charge in [0.15, 0.2) is 11.6 Å². The summed E-state index contributed by atoms with van der Waals surface area (Å²) in [6, 6.07) is 8.61. The van der Waals surface area contributed by atoms with E-state index in [0.29, 0.717) is 22.2 Å². The van der Waals surface area contributed by atoms with Crippen molar-refractivity contribution in [2.45, 2.75) is 56.2 Å². The predicted molar refractivity (Wildman–Crippen MR) is 115 cm³/mol. The molecule has 1 aliphatic heterocycles. The topological polar surface area (TPSA) is 71.7 Å². The van der Waals surface area contributed by atoms with Gasteiger partial charge in [0.25, 0.3) is 0 Å². The van der Waals surface area contributed by atoms with Crippen LogP contribution in [-0.2, 0) is 20.5 Å². The van der Waals surface area contributed by atoms with Gasteiger partial charge >= 0.3 is 5.97 Å². The molecule has 2 aromatic carbocycles. The smallest absolute Gasteiger partial charge is 0.341 e. The number of hydrogen-bond donors (Lipinski definition) is 2. The van der Waals surface area contributed by atoms with Gasteiger partial charge < -0.3 is 19.5 Å². The van der Waals surface area contributed by atoms with Crippen molar-refractivity contribution < 1.29 is 32.9 Å². The van der Waals surface area contributed by atoms with Crippen molar-refractivity contribution in [1.29, 1.82) is 0 Å². The first kappa shape index (κ1) is 21.8. The molecule has 174 valence electrons. The van der Waals surface area contributed by atoms with Gasteiger partial charge in [-0.2, -0.15) is 0 Å². The summed E-state index contributed by atoms with van der Waals surface area (Å²) in [5.41, 5.74) is -1.55. The summed E-state index contributed by atoms with van der Waals surface area (Å²) in [5, 5.41) is 20.7. The summed E-state index contributed by atoms with van der Waals surface area (Å²) >= 11 is 0. The molecule has 0 atom stereocenters. The number of carboxylic acid groups (broad SMARTS) is 1. The van der Waals surface area contributed by atoms with E-state index >= 15 is 0 Å². The van der Waals surface area contributed by atoms with Crippen molar-refractivity contribution in [1.82, 2.24) is 4.57 Å². The summed E-state index contributed by atoms with van der Waals surface area (Å²) in [5.74, 6) is -3.46. The Kier molecular flexibility index (Phi) is 4.63. The van der Waals surface area contributed by atoms with Gasteiger partial charge in [0.05, 0.1) is 17.7 Å². The van der Waals surface area contributed by atoms with Gasteiger partial charge in [0, 0.05) is 33.8 Å². The van der Waals surface area contributed by atoms with Gasteiger partial charge in [-0.05, 0) is 49.9 Å². The Hall–Kier alpha value is -3.00. The minimum Gasteiger partial charge on any atom is -0.507 e. The number of aliphatic carboxylic acids is 1. The third kappa shape index (κ3) is 3.07. The zero-order valence-electron chi connectivity index (χ0n) is 18.3. The van der Waals surface area contributed by atoms with Crippen LogP contribution < -0.4 is 0 Å². The molecular weight excluding hydrogens is 435 g/mol. The Balaban J connectivity index is 1.82. The number of carbonyl (C=O) groups is 1. The number of ether oxygens (including phenoxy) is 1. The second kappa shape index (κ2) is 7.00. The van der Waals surface area contributed by atoms with E-state index in [0.717, 1.165) is 17.8 Å². The first-order valence-electron chi connectivity index (χ1n) is 10.9. The zero-order chi connectivity index (χ0) is 23.8. The van der Waals surface area contributed by atoms with Crippen LogP contribution in [0.3, 0.4) is 0 Å². The van der Waals surface area contributed by atoms with Crippen molar-refractivity contribution in [3.8, 4) is 11.4 Å². The maximum atomic E-state index is 14.9. The number of carboxylic acids is 1. The maximum absolute atomic E-state index is 14.9. The molecule has 0 saturated heterocycles. The standard InChI is InChI=1S/C25H24F3NO4/c1-23(2)13-33-25(10-8-24(28,9-11-25)22(31)32)20-19-17(4-3-5-18(19)30)29(21(20)23)14-6-7-15(26)16(27)12-14/h3-7,12,30H,8-11,13H2,1-2H3,(H,31,32). The number of halogens is 3. The monoisotopic (exact) mass is 459 g/mol. The molecule has 2 heterocycles. The van der Waals surface area contributed by atoms with Gasteiger partial charge in [-0.25, -0.2) is 18.0 Å². The van der Waals surface area contributed by atoms with Crippen molar-refractivity contribution >= 4 is 16.9 Å². The number of phenolic OH excluding ortho intramolecular Hbond substituents is 1. The number of hydrogen-bond acceptors (Lipinski definition) is 3. The van der Waals surface area contributed by atoms with Crippen molar-refractivity contribution in [3.63, 3.8) is 0 Å². The average molecular weight is 459 g/mol. The zero-order valence-corrected chi connectivity index (χ0v) is 18.3. The van der Waals surface area contributed by atoms with Crippen LogP contribution in [0.25, 0.3) is 16.6 Å². The van der Waals surface area contributed by atoms with Crippen LogP contribution in [0.5, 0.6) is 5.75 Å². The number of phenols is 1. The van der Waals surface area contributed by atoms with E-state index in [-0.39, 0.29) is 38.0 Å². The molecule has 5 nitrogen and oxygen atoms in total. The van der Waals surface area contributed by atoms with Crippen LogP contribution in [0.2, 0.25) is 0 Å². The minimum atomic E-state index is -2.33. The normalized spacial score (nSPS) is 26.5. The summed E-state index contributed by atoms with van der Waals surface area (Å²) in [4.78, 5) is 11.5. The van der Waals surface area contributed by atoms with Gasteiger partial charge in [-0.1, -0.05) is 19.9 Å². The molecule has 2 aliphatic rings. The van der Waals surface area contributed by atoms with Crippen molar-refractivity contribution in [2.24, 2.45) is 0 Å². The Labute approximate surface area is 188 Å². The molecule has 2 N–H and O–H groups in total. The van der Waals surface area contributed by atoms with E-state index in [9.17, 15) is 28.2 Å². The molecule has 1 fully saturated rings. The number of alkyl halides is 1. The van der Waals surface area contributed by atoms with Gasteiger partial charge in [0.1, 0.15) is 5.75 Å². The van der Waals surface area contributed by atoms with E-state index in [4.69, 9.17) is 4.74 Å². The molecule has 3 aromatic rings. The highest BCUT2D eigenvalue weighted by molar-refractivity contribution is 5.94. The molecular formula is C25H24F3NO4. The average Bonchev–Trinajstić information content (AvgIpc) is 3.14. The molecule has 1 spiro atoms. The minimum absolute atomic E-state index is 0.0129. The van der Waals surface area contributed by atoms with Crippen LogP contribution in [0.15, 0.2) is 36.4 Å². The number of benzene rings is 2. The first-order chi connectivity index (χ1) is 15.5. The molecule has 1 aliphatic carbocycles. The molecule has 1 saturated carbocycles. The number of fused-ring (bicyclic) bond motifs is 4. The second-order valence-corrected chi connectivity index (χ2v) is 9.77. The van der Waals surface area contributed by atoms with E-state index in [1.807, 2.05) is 13.8 Å². The Morgan fingerprint density at radius 1 is 1.06 bits per heavy atom. The summed E-state index contributed by atoms with van der Waals surface area (Å²) in [7, 11) is 0. The lowest BCUT2D eigenvalue weighted by Gasteiger charge is -2.48. The van der Waals surface area contributed by atoms with Crippen LogP contribution in [0.1, 0.15) is 50.8 Å². The lowest BCUT2D eigenvalue weighted by Crippen LogP contribution is -2.49. The van der Waals surface area contributed by atoms with Crippen LogP contribution in [-0.4, -0.2) is 33.0 Å². The molecule has 0 amide bonds. The van der Waals surface area contributed by atoms with E-state index in [1.165, 1.54) is 12.1 Å². The highest BCUT2D eigenvalue weighted by atomic mass is 19.2. The molecule has 1 aromatic heterocycles.